The summed E-state index contributed by atoms with van der Waals surface area (Å²) in [6.07, 6.45) is 1.70. The van der Waals surface area contributed by atoms with Crippen LogP contribution in [-0.4, -0.2) is 33.5 Å². The molecule has 0 spiro atoms. The van der Waals surface area contributed by atoms with Crippen LogP contribution in [0.15, 0.2) is 71.3 Å². The summed E-state index contributed by atoms with van der Waals surface area (Å²) >= 11 is 0. The highest BCUT2D eigenvalue weighted by molar-refractivity contribution is 5.94. The van der Waals surface area contributed by atoms with Crippen LogP contribution in [0.5, 0.6) is 5.75 Å². The number of nitrogens with zero attached hydrogens (tertiary/aromatic N) is 3. The topological polar surface area (TPSA) is 72.5 Å². The Bertz CT molecular complexity index is 1150. The van der Waals surface area contributed by atoms with Gasteiger partial charge < -0.3 is 19.0 Å². The number of fused-ring (bicyclic) bond motifs is 3. The average molecular weight is 402 g/mol. The van der Waals surface area contributed by atoms with E-state index in [9.17, 15) is 4.79 Å². The summed E-state index contributed by atoms with van der Waals surface area (Å²) in [6.45, 7) is 3.32. The molecular weight excluding hydrogens is 380 g/mol. The Morgan fingerprint density at radius 2 is 2.00 bits per heavy atom. The Morgan fingerprint density at radius 1 is 1.10 bits per heavy atom. The van der Waals surface area contributed by atoms with E-state index in [1.807, 2.05) is 60.7 Å². The van der Waals surface area contributed by atoms with Crippen LogP contribution >= 0.6 is 0 Å². The lowest BCUT2D eigenvalue weighted by Crippen LogP contribution is -2.33. The number of para-hydroxylation sites is 1. The minimum atomic E-state index is -0.202. The molecule has 0 radical (unpaired) electrons. The Labute approximate surface area is 173 Å². The molecule has 1 aliphatic heterocycles. The Kier molecular flexibility index (Phi) is 4.94. The first-order valence-corrected chi connectivity index (χ1v) is 9.96. The van der Waals surface area contributed by atoms with Gasteiger partial charge in [0.05, 0.1) is 30.4 Å². The third-order valence-corrected chi connectivity index (χ3v) is 5.19. The SMILES string of the molecule is O=C(COc1ccccc1)Nc1ccc2c(c1)nc1n2CCN(Cc2ccco2)C1. The Hall–Kier alpha value is -3.58. The third kappa shape index (κ3) is 3.92. The van der Waals surface area contributed by atoms with Crippen molar-refractivity contribution in [2.45, 2.75) is 19.6 Å². The van der Waals surface area contributed by atoms with Gasteiger partial charge >= 0.3 is 0 Å². The summed E-state index contributed by atoms with van der Waals surface area (Å²) in [5.41, 5.74) is 2.68. The monoisotopic (exact) mass is 402 g/mol. The van der Waals surface area contributed by atoms with E-state index in [1.54, 1.807) is 6.26 Å². The molecule has 4 aromatic rings. The van der Waals surface area contributed by atoms with Gasteiger partial charge in [-0.1, -0.05) is 18.2 Å². The number of benzene rings is 2. The predicted octanol–water partition coefficient (Wildman–Crippen LogP) is 3.66. The van der Waals surface area contributed by atoms with E-state index < -0.39 is 0 Å². The van der Waals surface area contributed by atoms with E-state index in [0.29, 0.717) is 11.4 Å². The fourth-order valence-electron chi connectivity index (χ4n) is 3.77. The first-order valence-electron chi connectivity index (χ1n) is 9.96. The number of carbonyl (C=O) groups excluding carboxylic acids is 1. The highest BCUT2D eigenvalue weighted by Crippen LogP contribution is 2.24. The maximum Gasteiger partial charge on any atom is 0.262 e. The fraction of sp³-hybridized carbons (Fsp3) is 0.217. The number of anilines is 1. The van der Waals surface area contributed by atoms with Crippen LogP contribution in [0.2, 0.25) is 0 Å². The molecule has 0 saturated heterocycles. The zero-order chi connectivity index (χ0) is 20.3. The van der Waals surface area contributed by atoms with Crippen LogP contribution in [0.4, 0.5) is 5.69 Å². The molecule has 7 heteroatoms. The quantitative estimate of drug-likeness (QED) is 0.533. The zero-order valence-corrected chi connectivity index (χ0v) is 16.5. The predicted molar refractivity (Wildman–Crippen MR) is 113 cm³/mol. The molecule has 0 atom stereocenters. The number of hydrogen-bond donors (Lipinski definition) is 1. The molecule has 0 aliphatic carbocycles. The van der Waals surface area contributed by atoms with Crippen molar-refractivity contribution >= 4 is 22.6 Å². The number of imidazole rings is 1. The molecule has 0 fully saturated rings. The van der Waals surface area contributed by atoms with Gasteiger partial charge in [-0.15, -0.1) is 0 Å². The van der Waals surface area contributed by atoms with Crippen LogP contribution in [0.1, 0.15) is 11.6 Å². The van der Waals surface area contributed by atoms with Gasteiger partial charge in [0.25, 0.3) is 5.91 Å². The molecule has 2 aromatic carbocycles. The van der Waals surface area contributed by atoms with Gasteiger partial charge in [-0.05, 0) is 42.5 Å². The van der Waals surface area contributed by atoms with Gasteiger partial charge in [-0.3, -0.25) is 9.69 Å². The van der Waals surface area contributed by atoms with E-state index in [0.717, 1.165) is 48.8 Å². The van der Waals surface area contributed by atoms with E-state index >= 15 is 0 Å². The van der Waals surface area contributed by atoms with Gasteiger partial charge in [-0.2, -0.15) is 0 Å². The molecular formula is C23H22N4O3. The molecule has 0 unspecified atom stereocenters. The van der Waals surface area contributed by atoms with Crippen molar-refractivity contribution in [1.82, 2.24) is 14.5 Å². The third-order valence-electron chi connectivity index (χ3n) is 5.19. The summed E-state index contributed by atoms with van der Waals surface area (Å²) in [4.78, 5) is 19.4. The summed E-state index contributed by atoms with van der Waals surface area (Å²) in [7, 11) is 0. The molecule has 3 heterocycles. The van der Waals surface area contributed by atoms with E-state index in [2.05, 4.69) is 14.8 Å². The number of ether oxygens (including phenoxy) is 1. The Balaban J connectivity index is 1.25. The minimum Gasteiger partial charge on any atom is -0.484 e. The Morgan fingerprint density at radius 3 is 2.83 bits per heavy atom. The second-order valence-electron chi connectivity index (χ2n) is 7.32. The van der Waals surface area contributed by atoms with Gasteiger partial charge in [-0.25, -0.2) is 4.98 Å². The lowest BCUT2D eigenvalue weighted by atomic mass is 10.2. The molecule has 152 valence electrons. The molecule has 7 nitrogen and oxygen atoms in total. The smallest absolute Gasteiger partial charge is 0.262 e. The molecule has 1 amide bonds. The summed E-state index contributed by atoms with van der Waals surface area (Å²) in [6, 6.07) is 19.0. The van der Waals surface area contributed by atoms with Crippen molar-refractivity contribution in [2.24, 2.45) is 0 Å². The van der Waals surface area contributed by atoms with E-state index in [4.69, 9.17) is 14.1 Å². The van der Waals surface area contributed by atoms with Crippen LogP contribution in [0.3, 0.4) is 0 Å². The average Bonchev–Trinajstić information content (AvgIpc) is 3.39. The highest BCUT2D eigenvalue weighted by atomic mass is 16.5. The van der Waals surface area contributed by atoms with E-state index in [-0.39, 0.29) is 12.5 Å². The number of rotatable bonds is 6. The van der Waals surface area contributed by atoms with E-state index in [1.165, 1.54) is 0 Å². The van der Waals surface area contributed by atoms with Gasteiger partial charge in [0, 0.05) is 18.8 Å². The van der Waals surface area contributed by atoms with Crippen molar-refractivity contribution in [3.8, 4) is 5.75 Å². The van der Waals surface area contributed by atoms with Crippen molar-refractivity contribution in [3.63, 3.8) is 0 Å². The minimum absolute atomic E-state index is 0.0382. The van der Waals surface area contributed by atoms with Crippen molar-refractivity contribution in [1.29, 1.82) is 0 Å². The van der Waals surface area contributed by atoms with Crippen molar-refractivity contribution in [2.75, 3.05) is 18.5 Å². The first kappa shape index (κ1) is 18.4. The second-order valence-corrected chi connectivity index (χ2v) is 7.32. The normalized spacial score (nSPS) is 13.9. The summed E-state index contributed by atoms with van der Waals surface area (Å²) in [5.74, 6) is 2.46. The lowest BCUT2D eigenvalue weighted by Gasteiger charge is -2.26. The summed E-state index contributed by atoms with van der Waals surface area (Å²) < 4.78 is 13.2. The molecule has 30 heavy (non-hydrogen) atoms. The summed E-state index contributed by atoms with van der Waals surface area (Å²) in [5, 5.41) is 2.89. The fourth-order valence-corrected chi connectivity index (χ4v) is 3.77. The molecule has 0 bridgehead atoms. The lowest BCUT2D eigenvalue weighted by molar-refractivity contribution is -0.118. The van der Waals surface area contributed by atoms with Gasteiger partial charge in [0.1, 0.15) is 17.3 Å². The second kappa shape index (κ2) is 8.04. The molecule has 5 rings (SSSR count). The standard InChI is InChI=1S/C23H22N4O3/c28-23(16-30-18-5-2-1-3-6-18)24-17-8-9-21-20(13-17)25-22-15-26(10-11-27(21)22)14-19-7-4-12-29-19/h1-9,12-13H,10-11,14-16H2,(H,24,28). The molecule has 2 aromatic heterocycles. The molecule has 1 aliphatic rings. The first-order chi connectivity index (χ1) is 14.7. The van der Waals surface area contributed by atoms with Crippen molar-refractivity contribution in [3.05, 3.63) is 78.5 Å². The number of hydrogen-bond acceptors (Lipinski definition) is 5. The number of nitrogens with one attached hydrogen (secondary N) is 1. The molecule has 1 N–H and O–H groups in total. The maximum absolute atomic E-state index is 12.2. The van der Waals surface area contributed by atoms with Gasteiger partial charge in [0.2, 0.25) is 0 Å². The van der Waals surface area contributed by atoms with Crippen LogP contribution in [0.25, 0.3) is 11.0 Å². The number of furan rings is 1. The number of carbonyl (C=O) groups is 1. The highest BCUT2D eigenvalue weighted by Gasteiger charge is 2.21. The van der Waals surface area contributed by atoms with Gasteiger partial charge in [0.15, 0.2) is 6.61 Å². The molecule has 0 saturated carbocycles. The number of aromatic nitrogens is 2. The number of amides is 1. The van der Waals surface area contributed by atoms with Crippen LogP contribution in [-0.2, 0) is 24.4 Å². The zero-order valence-electron chi connectivity index (χ0n) is 16.5. The van der Waals surface area contributed by atoms with Crippen LogP contribution in [0, 0.1) is 0 Å². The maximum atomic E-state index is 12.2. The van der Waals surface area contributed by atoms with Crippen molar-refractivity contribution < 1.29 is 13.9 Å². The van der Waals surface area contributed by atoms with Crippen LogP contribution < -0.4 is 10.1 Å². The largest absolute Gasteiger partial charge is 0.484 e.